The van der Waals surface area contributed by atoms with Gasteiger partial charge in [0.05, 0.1) is 11.4 Å². The fourth-order valence-electron chi connectivity index (χ4n) is 2.34. The van der Waals surface area contributed by atoms with Gasteiger partial charge >= 0.3 is 6.03 Å². The number of aromatic amines is 1. The normalized spacial score (nSPS) is 10.4. The molecular weight excluding hydrogens is 326 g/mol. The molecule has 24 heavy (non-hydrogen) atoms. The van der Waals surface area contributed by atoms with Crippen LogP contribution in [0.25, 0.3) is 11.3 Å². The summed E-state index contributed by atoms with van der Waals surface area (Å²) in [7, 11) is 0. The van der Waals surface area contributed by atoms with Gasteiger partial charge < -0.3 is 21.4 Å². The molecule has 0 aliphatic carbocycles. The van der Waals surface area contributed by atoms with Crippen LogP contribution in [0.3, 0.4) is 0 Å². The maximum atomic E-state index is 12.1. The van der Waals surface area contributed by atoms with Gasteiger partial charge in [0.1, 0.15) is 0 Å². The van der Waals surface area contributed by atoms with E-state index in [0.717, 1.165) is 17.0 Å². The standard InChI is InChI=1S/C17H16ClN5O/c1-10-15(23-16(19)20-10)11-3-2-4-14(9-11)22-17(24)21-13-7-5-12(18)6-8-13/h2-9H,1H3,(H3,19,20,23)(H2,21,22,24). The molecule has 0 aliphatic rings. The molecule has 0 atom stereocenters. The van der Waals surface area contributed by atoms with Crippen molar-refractivity contribution >= 4 is 35.0 Å². The molecule has 1 heterocycles. The number of aromatic nitrogens is 2. The fourth-order valence-corrected chi connectivity index (χ4v) is 2.47. The van der Waals surface area contributed by atoms with Crippen LogP contribution in [-0.2, 0) is 0 Å². The molecule has 0 fully saturated rings. The largest absolute Gasteiger partial charge is 0.369 e. The van der Waals surface area contributed by atoms with E-state index in [0.29, 0.717) is 22.3 Å². The first-order valence-corrected chi connectivity index (χ1v) is 7.65. The van der Waals surface area contributed by atoms with Crippen molar-refractivity contribution in [2.45, 2.75) is 6.92 Å². The number of aryl methyl sites for hydroxylation is 1. The molecule has 0 radical (unpaired) electrons. The van der Waals surface area contributed by atoms with Crippen LogP contribution >= 0.6 is 11.6 Å². The third-order valence-electron chi connectivity index (χ3n) is 3.41. The Balaban J connectivity index is 1.73. The fraction of sp³-hybridized carbons (Fsp3) is 0.0588. The van der Waals surface area contributed by atoms with Gasteiger partial charge in [-0.25, -0.2) is 9.78 Å². The van der Waals surface area contributed by atoms with Gasteiger partial charge in [0, 0.05) is 22.0 Å². The third-order valence-corrected chi connectivity index (χ3v) is 3.67. The predicted octanol–water partition coefficient (Wildman–Crippen LogP) is 4.26. The molecule has 2 aromatic carbocycles. The molecule has 3 rings (SSSR count). The van der Waals surface area contributed by atoms with E-state index in [9.17, 15) is 4.79 Å². The number of hydrogen-bond donors (Lipinski definition) is 4. The molecule has 7 heteroatoms. The van der Waals surface area contributed by atoms with Gasteiger partial charge in [-0.05, 0) is 43.3 Å². The second kappa shape index (κ2) is 6.64. The predicted molar refractivity (Wildman–Crippen MR) is 97.3 cm³/mol. The van der Waals surface area contributed by atoms with E-state index < -0.39 is 0 Å². The number of urea groups is 1. The van der Waals surface area contributed by atoms with Gasteiger partial charge in [-0.3, -0.25) is 0 Å². The molecule has 1 aromatic heterocycles. The molecular formula is C17H16ClN5O. The molecule has 2 amide bonds. The second-order valence-corrected chi connectivity index (χ2v) is 5.69. The SMILES string of the molecule is Cc1nc(N)[nH]c1-c1cccc(NC(=O)Nc2ccc(Cl)cc2)c1. The van der Waals surface area contributed by atoms with E-state index in [1.165, 1.54) is 0 Å². The number of benzene rings is 2. The van der Waals surface area contributed by atoms with Crippen molar-refractivity contribution in [1.82, 2.24) is 9.97 Å². The molecule has 0 saturated heterocycles. The first kappa shape index (κ1) is 15.9. The number of carbonyl (C=O) groups is 1. The number of nitrogens with two attached hydrogens (primary N) is 1. The summed E-state index contributed by atoms with van der Waals surface area (Å²) in [6.45, 7) is 1.87. The smallest absolute Gasteiger partial charge is 0.323 e. The van der Waals surface area contributed by atoms with Crippen LogP contribution in [-0.4, -0.2) is 16.0 Å². The first-order chi connectivity index (χ1) is 11.5. The zero-order valence-electron chi connectivity index (χ0n) is 12.9. The average Bonchev–Trinajstić information content (AvgIpc) is 2.88. The zero-order valence-corrected chi connectivity index (χ0v) is 13.7. The second-order valence-electron chi connectivity index (χ2n) is 5.25. The number of rotatable bonds is 3. The molecule has 122 valence electrons. The summed E-state index contributed by atoms with van der Waals surface area (Å²) in [6.07, 6.45) is 0. The lowest BCUT2D eigenvalue weighted by molar-refractivity contribution is 0.262. The Labute approximate surface area is 144 Å². The number of nitrogen functional groups attached to an aromatic ring is 1. The third kappa shape index (κ3) is 3.67. The molecule has 0 unspecified atom stereocenters. The summed E-state index contributed by atoms with van der Waals surface area (Å²) in [5.74, 6) is 0.362. The highest BCUT2D eigenvalue weighted by atomic mass is 35.5. The van der Waals surface area contributed by atoms with E-state index >= 15 is 0 Å². The topological polar surface area (TPSA) is 95.8 Å². The quantitative estimate of drug-likeness (QED) is 0.573. The highest BCUT2D eigenvalue weighted by molar-refractivity contribution is 6.30. The molecule has 0 aliphatic heterocycles. The Bertz CT molecular complexity index is 873. The summed E-state index contributed by atoms with van der Waals surface area (Å²) < 4.78 is 0. The zero-order chi connectivity index (χ0) is 17.1. The number of nitrogens with one attached hydrogen (secondary N) is 3. The molecule has 6 nitrogen and oxygen atoms in total. The number of imidazole rings is 1. The number of anilines is 3. The lowest BCUT2D eigenvalue weighted by Gasteiger charge is -2.09. The number of halogens is 1. The summed E-state index contributed by atoms with van der Waals surface area (Å²) in [4.78, 5) is 19.3. The number of H-pyrrole nitrogens is 1. The van der Waals surface area contributed by atoms with Crippen molar-refractivity contribution in [3.63, 3.8) is 0 Å². The Morgan fingerprint density at radius 2 is 1.83 bits per heavy atom. The lowest BCUT2D eigenvalue weighted by Crippen LogP contribution is -2.19. The van der Waals surface area contributed by atoms with Crippen molar-refractivity contribution in [2.75, 3.05) is 16.4 Å². The lowest BCUT2D eigenvalue weighted by atomic mass is 10.1. The Morgan fingerprint density at radius 1 is 1.12 bits per heavy atom. The van der Waals surface area contributed by atoms with Crippen LogP contribution in [0.1, 0.15) is 5.69 Å². The van der Waals surface area contributed by atoms with Crippen LogP contribution in [0, 0.1) is 6.92 Å². The molecule has 0 saturated carbocycles. The number of amides is 2. The van der Waals surface area contributed by atoms with Crippen LogP contribution in [0.2, 0.25) is 5.02 Å². The Morgan fingerprint density at radius 3 is 2.50 bits per heavy atom. The molecule has 5 N–H and O–H groups in total. The van der Waals surface area contributed by atoms with E-state index in [4.69, 9.17) is 17.3 Å². The van der Waals surface area contributed by atoms with Crippen molar-refractivity contribution < 1.29 is 4.79 Å². The van der Waals surface area contributed by atoms with Crippen LogP contribution < -0.4 is 16.4 Å². The minimum atomic E-state index is -0.338. The molecule has 0 bridgehead atoms. The maximum absolute atomic E-state index is 12.1. The first-order valence-electron chi connectivity index (χ1n) is 7.27. The average molecular weight is 342 g/mol. The highest BCUT2D eigenvalue weighted by Crippen LogP contribution is 2.24. The van der Waals surface area contributed by atoms with E-state index in [-0.39, 0.29) is 6.03 Å². The summed E-state index contributed by atoms with van der Waals surface area (Å²) in [5.41, 5.74) is 9.51. The van der Waals surface area contributed by atoms with E-state index in [1.807, 2.05) is 25.1 Å². The summed E-state index contributed by atoms with van der Waals surface area (Å²) in [5, 5.41) is 6.15. The Hall–Kier alpha value is -2.99. The van der Waals surface area contributed by atoms with Crippen molar-refractivity contribution in [3.05, 3.63) is 59.2 Å². The van der Waals surface area contributed by atoms with Gasteiger partial charge in [-0.2, -0.15) is 0 Å². The van der Waals surface area contributed by atoms with Gasteiger partial charge in [0.25, 0.3) is 0 Å². The number of carbonyl (C=O) groups excluding carboxylic acids is 1. The van der Waals surface area contributed by atoms with E-state index in [1.54, 1.807) is 30.3 Å². The van der Waals surface area contributed by atoms with Crippen molar-refractivity contribution in [2.24, 2.45) is 0 Å². The minimum absolute atomic E-state index is 0.338. The minimum Gasteiger partial charge on any atom is -0.369 e. The van der Waals surface area contributed by atoms with Crippen LogP contribution in [0.15, 0.2) is 48.5 Å². The highest BCUT2D eigenvalue weighted by Gasteiger charge is 2.09. The van der Waals surface area contributed by atoms with Crippen LogP contribution in [0.5, 0.6) is 0 Å². The maximum Gasteiger partial charge on any atom is 0.323 e. The number of nitrogens with zero attached hydrogens (tertiary/aromatic N) is 1. The number of hydrogen-bond acceptors (Lipinski definition) is 3. The van der Waals surface area contributed by atoms with E-state index in [2.05, 4.69) is 20.6 Å². The summed E-state index contributed by atoms with van der Waals surface area (Å²) >= 11 is 5.82. The van der Waals surface area contributed by atoms with Crippen molar-refractivity contribution in [1.29, 1.82) is 0 Å². The summed E-state index contributed by atoms with van der Waals surface area (Å²) in [6, 6.07) is 14.0. The molecule has 3 aromatic rings. The Kier molecular flexibility index (Phi) is 4.39. The monoisotopic (exact) mass is 341 g/mol. The van der Waals surface area contributed by atoms with Gasteiger partial charge in [-0.1, -0.05) is 23.7 Å². The van der Waals surface area contributed by atoms with Gasteiger partial charge in [0.2, 0.25) is 0 Å². The van der Waals surface area contributed by atoms with Gasteiger partial charge in [-0.15, -0.1) is 0 Å². The van der Waals surface area contributed by atoms with Crippen molar-refractivity contribution in [3.8, 4) is 11.3 Å². The molecule has 0 spiro atoms. The van der Waals surface area contributed by atoms with Crippen LogP contribution in [0.4, 0.5) is 22.1 Å². The van der Waals surface area contributed by atoms with Gasteiger partial charge in [0.15, 0.2) is 5.95 Å².